The lowest BCUT2D eigenvalue weighted by Crippen LogP contribution is -2.38. The van der Waals surface area contributed by atoms with Gasteiger partial charge in [0.25, 0.3) is 0 Å². The first kappa shape index (κ1) is 23.1. The number of amides is 2. The van der Waals surface area contributed by atoms with E-state index in [4.69, 9.17) is 16.7 Å². The number of fused-ring (bicyclic) bond motifs is 3. The number of hydrogen-bond acceptors (Lipinski definition) is 2. The molecule has 0 fully saturated rings. The molecule has 1 aliphatic rings. The SMILES string of the molecule is Cc1ccc(NC(=O)N2Cc3c(C)nn(-c4ccccc4)c3-n3cccc3[C@H]2c2ccc(Cl)cc2)cc1. The number of benzene rings is 3. The molecule has 0 radical (unpaired) electrons. The molecular formula is C30H26ClN5O. The fourth-order valence-electron chi connectivity index (χ4n) is 4.98. The van der Waals surface area contributed by atoms with Crippen LogP contribution < -0.4 is 5.32 Å². The molecule has 0 bridgehead atoms. The van der Waals surface area contributed by atoms with Crippen molar-refractivity contribution in [3.63, 3.8) is 0 Å². The van der Waals surface area contributed by atoms with E-state index in [1.165, 1.54) is 0 Å². The lowest BCUT2D eigenvalue weighted by atomic mass is 10.0. The van der Waals surface area contributed by atoms with Crippen molar-refractivity contribution in [1.29, 1.82) is 0 Å². The van der Waals surface area contributed by atoms with Crippen LogP contribution in [0.4, 0.5) is 10.5 Å². The quantitative estimate of drug-likeness (QED) is 0.284. The molecule has 1 atom stereocenters. The second-order valence-electron chi connectivity index (χ2n) is 9.32. The number of hydrogen-bond donors (Lipinski definition) is 1. The van der Waals surface area contributed by atoms with Gasteiger partial charge in [-0.3, -0.25) is 0 Å². The average molecular weight is 508 g/mol. The molecule has 1 aliphatic heterocycles. The molecule has 0 aliphatic carbocycles. The van der Waals surface area contributed by atoms with Crippen LogP contribution in [0.2, 0.25) is 5.02 Å². The fourth-order valence-corrected chi connectivity index (χ4v) is 5.10. The number of urea groups is 1. The van der Waals surface area contributed by atoms with Crippen LogP contribution >= 0.6 is 11.6 Å². The fraction of sp³-hybridized carbons (Fsp3) is 0.133. The zero-order valence-corrected chi connectivity index (χ0v) is 21.4. The number of nitrogens with zero attached hydrogens (tertiary/aromatic N) is 4. The number of aryl methyl sites for hydroxylation is 2. The third kappa shape index (κ3) is 4.19. The molecule has 184 valence electrons. The first-order valence-electron chi connectivity index (χ1n) is 12.2. The highest BCUT2D eigenvalue weighted by atomic mass is 35.5. The van der Waals surface area contributed by atoms with Gasteiger partial charge < -0.3 is 14.8 Å². The second-order valence-corrected chi connectivity index (χ2v) is 9.75. The Balaban J connectivity index is 1.53. The van der Waals surface area contributed by atoms with Gasteiger partial charge in [-0.1, -0.05) is 59.6 Å². The Kier molecular flexibility index (Phi) is 5.81. The number of aromatic nitrogens is 3. The largest absolute Gasteiger partial charge is 0.322 e. The van der Waals surface area contributed by atoms with Crippen LogP contribution in [0.5, 0.6) is 0 Å². The molecule has 37 heavy (non-hydrogen) atoms. The van der Waals surface area contributed by atoms with Crippen molar-refractivity contribution in [3.8, 4) is 11.5 Å². The highest BCUT2D eigenvalue weighted by Crippen LogP contribution is 2.39. The number of halogens is 1. The Morgan fingerprint density at radius 3 is 2.38 bits per heavy atom. The van der Waals surface area contributed by atoms with Gasteiger partial charge in [0.2, 0.25) is 0 Å². The maximum Gasteiger partial charge on any atom is 0.322 e. The van der Waals surface area contributed by atoms with Crippen molar-refractivity contribution in [2.45, 2.75) is 26.4 Å². The van der Waals surface area contributed by atoms with Crippen LogP contribution in [-0.2, 0) is 6.54 Å². The molecule has 0 saturated heterocycles. The maximum absolute atomic E-state index is 13.9. The summed E-state index contributed by atoms with van der Waals surface area (Å²) in [6, 6.07) is 29.2. The molecule has 2 aromatic heterocycles. The summed E-state index contributed by atoms with van der Waals surface area (Å²) in [5.74, 6) is 0.938. The predicted octanol–water partition coefficient (Wildman–Crippen LogP) is 7.07. The van der Waals surface area contributed by atoms with E-state index in [0.717, 1.165) is 45.3 Å². The van der Waals surface area contributed by atoms with E-state index in [9.17, 15) is 4.79 Å². The van der Waals surface area contributed by atoms with E-state index < -0.39 is 0 Å². The van der Waals surface area contributed by atoms with E-state index in [2.05, 4.69) is 16.0 Å². The van der Waals surface area contributed by atoms with E-state index in [1.54, 1.807) is 0 Å². The zero-order chi connectivity index (χ0) is 25.5. The van der Waals surface area contributed by atoms with Gasteiger partial charge in [-0.2, -0.15) is 5.10 Å². The molecule has 1 N–H and O–H groups in total. The van der Waals surface area contributed by atoms with E-state index >= 15 is 0 Å². The van der Waals surface area contributed by atoms with Crippen LogP contribution in [0.25, 0.3) is 11.5 Å². The molecule has 3 heterocycles. The summed E-state index contributed by atoms with van der Waals surface area (Å²) < 4.78 is 4.12. The number of anilines is 1. The number of carbonyl (C=O) groups is 1. The zero-order valence-electron chi connectivity index (χ0n) is 20.6. The van der Waals surface area contributed by atoms with E-state index in [0.29, 0.717) is 11.6 Å². The minimum absolute atomic E-state index is 0.184. The molecule has 0 saturated carbocycles. The van der Waals surface area contributed by atoms with Crippen molar-refractivity contribution in [1.82, 2.24) is 19.2 Å². The summed E-state index contributed by atoms with van der Waals surface area (Å²) in [6.45, 7) is 4.42. The Morgan fingerprint density at radius 1 is 0.919 bits per heavy atom. The van der Waals surface area contributed by atoms with Gasteiger partial charge in [0.05, 0.1) is 29.7 Å². The minimum atomic E-state index is -0.339. The Bertz CT molecular complexity index is 1570. The van der Waals surface area contributed by atoms with Gasteiger partial charge in [-0.15, -0.1) is 0 Å². The second kappa shape index (κ2) is 9.30. The van der Waals surface area contributed by atoms with Gasteiger partial charge in [-0.25, -0.2) is 9.48 Å². The molecule has 7 heteroatoms. The van der Waals surface area contributed by atoms with Gasteiger partial charge in [0, 0.05) is 22.5 Å². The molecule has 6 nitrogen and oxygen atoms in total. The third-order valence-electron chi connectivity index (χ3n) is 6.84. The number of nitrogens with one attached hydrogen (secondary N) is 1. The Hall–Kier alpha value is -4.29. The molecule has 0 unspecified atom stereocenters. The average Bonchev–Trinajstić information content (AvgIpc) is 3.47. The first-order chi connectivity index (χ1) is 18.0. The highest BCUT2D eigenvalue weighted by molar-refractivity contribution is 6.30. The molecule has 0 spiro atoms. The van der Waals surface area contributed by atoms with Crippen LogP contribution in [0.1, 0.15) is 34.1 Å². The summed E-state index contributed by atoms with van der Waals surface area (Å²) in [5.41, 5.74) is 6.68. The summed E-state index contributed by atoms with van der Waals surface area (Å²) in [7, 11) is 0. The number of rotatable bonds is 3. The summed E-state index contributed by atoms with van der Waals surface area (Å²) in [4.78, 5) is 15.8. The predicted molar refractivity (Wildman–Crippen MR) is 147 cm³/mol. The van der Waals surface area contributed by atoms with Crippen LogP contribution in [0, 0.1) is 13.8 Å². The Labute approximate surface area is 220 Å². The Morgan fingerprint density at radius 2 is 1.65 bits per heavy atom. The monoisotopic (exact) mass is 507 g/mol. The van der Waals surface area contributed by atoms with Crippen molar-refractivity contribution in [2.75, 3.05) is 5.32 Å². The van der Waals surface area contributed by atoms with E-state index in [-0.39, 0.29) is 12.1 Å². The molecule has 5 aromatic rings. The number of carbonyl (C=O) groups excluding carboxylic acids is 1. The topological polar surface area (TPSA) is 55.1 Å². The molecule has 6 rings (SSSR count). The van der Waals surface area contributed by atoms with Crippen LogP contribution in [-0.4, -0.2) is 25.3 Å². The first-order valence-corrected chi connectivity index (χ1v) is 12.6. The lowest BCUT2D eigenvalue weighted by molar-refractivity contribution is 0.194. The van der Waals surface area contributed by atoms with Gasteiger partial charge in [-0.05, 0) is 67.9 Å². The van der Waals surface area contributed by atoms with Crippen molar-refractivity contribution in [3.05, 3.63) is 130 Å². The normalized spacial score (nSPS) is 14.6. The van der Waals surface area contributed by atoms with Crippen LogP contribution in [0.3, 0.4) is 0 Å². The van der Waals surface area contributed by atoms with Crippen molar-refractivity contribution < 1.29 is 4.79 Å². The maximum atomic E-state index is 13.9. The van der Waals surface area contributed by atoms with Crippen molar-refractivity contribution >= 4 is 23.3 Å². The lowest BCUT2D eigenvalue weighted by Gasteiger charge is -2.31. The molecule has 2 amide bonds. The highest BCUT2D eigenvalue weighted by Gasteiger charge is 2.36. The minimum Gasteiger partial charge on any atom is -0.308 e. The van der Waals surface area contributed by atoms with Gasteiger partial charge in [0.15, 0.2) is 0 Å². The summed E-state index contributed by atoms with van der Waals surface area (Å²) in [5, 5.41) is 8.67. The number of para-hydroxylation sites is 1. The smallest absolute Gasteiger partial charge is 0.308 e. The standard InChI is InChI=1S/C30H26ClN5O/c1-20-10-16-24(17-11-20)32-30(37)35-19-26-21(2)33-36(25-7-4-3-5-8-25)29(26)34-18-6-9-27(34)28(35)22-12-14-23(31)15-13-22/h3-18,28H,19H2,1-2H3,(H,32,37)/t28-/m1/s1. The summed E-state index contributed by atoms with van der Waals surface area (Å²) >= 11 is 6.24. The third-order valence-corrected chi connectivity index (χ3v) is 7.09. The molecule has 3 aromatic carbocycles. The summed E-state index contributed by atoms with van der Waals surface area (Å²) in [6.07, 6.45) is 2.04. The van der Waals surface area contributed by atoms with Gasteiger partial charge in [0.1, 0.15) is 5.82 Å². The van der Waals surface area contributed by atoms with Gasteiger partial charge >= 0.3 is 6.03 Å². The van der Waals surface area contributed by atoms with Crippen LogP contribution in [0.15, 0.2) is 97.2 Å². The van der Waals surface area contributed by atoms with Crippen molar-refractivity contribution in [2.24, 2.45) is 0 Å². The molecular weight excluding hydrogens is 482 g/mol. The van der Waals surface area contributed by atoms with E-state index in [1.807, 2.05) is 115 Å².